The Balaban J connectivity index is 1.64. The van der Waals surface area contributed by atoms with Gasteiger partial charge >= 0.3 is 6.18 Å². The molecule has 0 spiro atoms. The molecule has 3 aromatic carbocycles. The number of unbranched alkanes of at least 4 members (excludes halogenated alkanes) is 2. The van der Waals surface area contributed by atoms with Crippen LogP contribution >= 0.6 is 0 Å². The van der Waals surface area contributed by atoms with Gasteiger partial charge in [0.15, 0.2) is 0 Å². The summed E-state index contributed by atoms with van der Waals surface area (Å²) in [5.74, 6) is -0.477. The highest BCUT2D eigenvalue weighted by molar-refractivity contribution is 5.95. The Morgan fingerprint density at radius 2 is 1.48 bits per heavy atom. The topological polar surface area (TPSA) is 43.9 Å². The molecule has 1 aliphatic heterocycles. The second-order valence-electron chi connectivity index (χ2n) is 11.5. The maximum absolute atomic E-state index is 14.1. The van der Waals surface area contributed by atoms with Crippen LogP contribution in [0.25, 0.3) is 6.08 Å². The van der Waals surface area contributed by atoms with E-state index in [0.29, 0.717) is 25.1 Å². The minimum Gasteiger partial charge on any atom is -0.338 e. The maximum Gasteiger partial charge on any atom is 0.416 e. The Bertz CT molecular complexity index is 1360. The number of hydrogen-bond acceptors (Lipinski definition) is 3. The molecule has 234 valence electrons. The van der Waals surface area contributed by atoms with E-state index >= 15 is 0 Å². The van der Waals surface area contributed by atoms with E-state index in [1.54, 1.807) is 4.90 Å². The van der Waals surface area contributed by atoms with E-state index in [-0.39, 0.29) is 18.4 Å². The minimum absolute atomic E-state index is 0.102. The summed E-state index contributed by atoms with van der Waals surface area (Å²) in [6, 6.07) is 21.8. The number of rotatable bonds is 12. The average Bonchev–Trinajstić information content (AvgIpc) is 3.02. The first-order chi connectivity index (χ1) is 21.1. The first-order valence-electron chi connectivity index (χ1n) is 15.4. The van der Waals surface area contributed by atoms with Crippen molar-refractivity contribution in [3.05, 3.63) is 113 Å². The third kappa shape index (κ3) is 9.55. The van der Waals surface area contributed by atoms with Gasteiger partial charge < -0.3 is 14.7 Å². The quantitative estimate of drug-likeness (QED) is 0.167. The molecule has 1 heterocycles. The molecule has 1 unspecified atom stereocenters. The van der Waals surface area contributed by atoms with Gasteiger partial charge in [-0.15, -0.1) is 0 Å². The fourth-order valence-electron chi connectivity index (χ4n) is 5.38. The van der Waals surface area contributed by atoms with Crippen LogP contribution in [0.2, 0.25) is 0 Å². The second kappa shape index (κ2) is 15.7. The average molecular weight is 606 g/mol. The molecule has 8 heteroatoms. The molecule has 5 nitrogen and oxygen atoms in total. The van der Waals surface area contributed by atoms with Gasteiger partial charge in [-0.2, -0.15) is 13.2 Å². The molecule has 0 N–H and O–H groups in total. The van der Waals surface area contributed by atoms with E-state index < -0.39 is 17.8 Å². The van der Waals surface area contributed by atoms with Crippen LogP contribution in [0.4, 0.5) is 13.2 Å². The van der Waals surface area contributed by atoms with Crippen molar-refractivity contribution in [1.82, 2.24) is 14.7 Å². The summed E-state index contributed by atoms with van der Waals surface area (Å²) in [5, 5.41) is 0. The SMILES string of the molecule is CCCCCc1ccc(CN(C(=O)C=Cc2ccc(C(F)(F)F)cc2)C(Cc2ccccc2)C(=O)N2CCN(C)CC2)cc1. The summed E-state index contributed by atoms with van der Waals surface area (Å²) in [7, 11) is 2.02. The molecule has 1 aliphatic rings. The van der Waals surface area contributed by atoms with Gasteiger partial charge in [-0.05, 0) is 60.4 Å². The van der Waals surface area contributed by atoms with Crippen LogP contribution in [-0.2, 0) is 35.2 Å². The smallest absolute Gasteiger partial charge is 0.338 e. The Hall–Kier alpha value is -3.91. The Morgan fingerprint density at radius 1 is 0.841 bits per heavy atom. The molecule has 1 atom stereocenters. The number of amides is 2. The predicted octanol–water partition coefficient (Wildman–Crippen LogP) is 6.87. The van der Waals surface area contributed by atoms with E-state index in [2.05, 4.69) is 24.0 Å². The first-order valence-corrected chi connectivity index (χ1v) is 15.4. The van der Waals surface area contributed by atoms with Crippen LogP contribution in [-0.4, -0.2) is 65.8 Å². The zero-order valence-electron chi connectivity index (χ0n) is 25.6. The number of benzene rings is 3. The lowest BCUT2D eigenvalue weighted by Crippen LogP contribution is -2.55. The summed E-state index contributed by atoms with van der Waals surface area (Å²) < 4.78 is 39.1. The zero-order chi connectivity index (χ0) is 31.5. The standard InChI is InChI=1S/C36H42F3N3O2/c1-3-4-6-9-28-12-14-31(15-13-28)27-42(34(43)21-18-29-16-19-32(20-17-29)36(37,38)39)33(26-30-10-7-5-8-11-30)35(44)41-24-22-40(2)23-25-41/h5,7-8,10-21,33H,3-4,6,9,22-27H2,1-2H3. The van der Waals surface area contributed by atoms with Gasteiger partial charge in [-0.3, -0.25) is 9.59 Å². The van der Waals surface area contributed by atoms with E-state index in [4.69, 9.17) is 0 Å². The number of likely N-dealkylation sites (N-methyl/N-ethyl adjacent to an activating group) is 1. The van der Waals surface area contributed by atoms with Gasteiger partial charge in [0.05, 0.1) is 5.56 Å². The van der Waals surface area contributed by atoms with Crippen molar-refractivity contribution in [3.63, 3.8) is 0 Å². The van der Waals surface area contributed by atoms with Crippen LogP contribution in [0, 0.1) is 0 Å². The predicted molar refractivity (Wildman–Crippen MR) is 169 cm³/mol. The Morgan fingerprint density at radius 3 is 2.09 bits per heavy atom. The molecule has 2 amide bonds. The van der Waals surface area contributed by atoms with Crippen LogP contribution < -0.4 is 0 Å². The minimum atomic E-state index is -4.44. The highest BCUT2D eigenvalue weighted by Crippen LogP contribution is 2.29. The number of hydrogen-bond donors (Lipinski definition) is 0. The van der Waals surface area contributed by atoms with Crippen molar-refractivity contribution < 1.29 is 22.8 Å². The van der Waals surface area contributed by atoms with Crippen molar-refractivity contribution in [2.45, 2.75) is 57.8 Å². The molecular formula is C36H42F3N3O2. The summed E-state index contributed by atoms with van der Waals surface area (Å²) >= 11 is 0. The molecule has 1 saturated heterocycles. The van der Waals surface area contributed by atoms with Crippen molar-refractivity contribution >= 4 is 17.9 Å². The van der Waals surface area contributed by atoms with E-state index in [9.17, 15) is 22.8 Å². The molecule has 3 aromatic rings. The Kier molecular flexibility index (Phi) is 11.8. The highest BCUT2D eigenvalue weighted by Gasteiger charge is 2.34. The van der Waals surface area contributed by atoms with Gasteiger partial charge in [0.2, 0.25) is 11.8 Å². The third-order valence-corrected chi connectivity index (χ3v) is 8.13. The number of aryl methyl sites for hydroxylation is 1. The van der Waals surface area contributed by atoms with Crippen molar-refractivity contribution in [1.29, 1.82) is 0 Å². The summed E-state index contributed by atoms with van der Waals surface area (Å²) in [5.41, 5.74) is 2.80. The van der Waals surface area contributed by atoms with E-state index in [0.717, 1.165) is 55.6 Å². The van der Waals surface area contributed by atoms with E-state index in [1.165, 1.54) is 36.3 Å². The largest absolute Gasteiger partial charge is 0.416 e. The molecule has 1 fully saturated rings. The number of carbonyl (C=O) groups excluding carboxylic acids is 2. The molecule has 0 aliphatic carbocycles. The van der Waals surface area contributed by atoms with Crippen molar-refractivity contribution in [2.75, 3.05) is 33.2 Å². The second-order valence-corrected chi connectivity index (χ2v) is 11.5. The lowest BCUT2D eigenvalue weighted by atomic mass is 10.0. The lowest BCUT2D eigenvalue weighted by Gasteiger charge is -2.38. The number of piperazine rings is 1. The van der Waals surface area contributed by atoms with Gasteiger partial charge in [-0.1, -0.05) is 86.5 Å². The van der Waals surface area contributed by atoms with Gasteiger partial charge in [0, 0.05) is 45.2 Å². The molecule has 0 radical (unpaired) electrons. The monoisotopic (exact) mass is 605 g/mol. The van der Waals surface area contributed by atoms with E-state index in [1.807, 2.05) is 54.4 Å². The molecule has 0 aromatic heterocycles. The zero-order valence-corrected chi connectivity index (χ0v) is 25.6. The van der Waals surface area contributed by atoms with Crippen molar-refractivity contribution in [3.8, 4) is 0 Å². The number of carbonyl (C=O) groups is 2. The van der Waals surface area contributed by atoms with Crippen LogP contribution in [0.15, 0.2) is 84.9 Å². The maximum atomic E-state index is 14.1. The molecule has 0 saturated carbocycles. The lowest BCUT2D eigenvalue weighted by molar-refractivity contribution is -0.145. The summed E-state index contributed by atoms with van der Waals surface area (Å²) in [6.45, 7) is 5.07. The molecule has 4 rings (SSSR count). The molecular weight excluding hydrogens is 563 g/mol. The van der Waals surface area contributed by atoms with Crippen LogP contribution in [0.1, 0.15) is 54.0 Å². The van der Waals surface area contributed by atoms with Crippen molar-refractivity contribution in [2.24, 2.45) is 0 Å². The summed E-state index contributed by atoms with van der Waals surface area (Å²) in [6.07, 6.45) is 3.21. The number of alkyl halides is 3. The Labute approximate surface area is 259 Å². The molecule has 0 bridgehead atoms. The fraction of sp³-hybridized carbons (Fsp3) is 0.389. The highest BCUT2D eigenvalue weighted by atomic mass is 19.4. The van der Waals surface area contributed by atoms with Gasteiger partial charge in [0.25, 0.3) is 0 Å². The summed E-state index contributed by atoms with van der Waals surface area (Å²) in [4.78, 5) is 33.7. The van der Waals surface area contributed by atoms with Crippen LogP contribution in [0.5, 0.6) is 0 Å². The van der Waals surface area contributed by atoms with Gasteiger partial charge in [-0.25, -0.2) is 0 Å². The number of halogens is 3. The third-order valence-electron chi connectivity index (χ3n) is 8.13. The fourth-order valence-corrected chi connectivity index (χ4v) is 5.38. The van der Waals surface area contributed by atoms with Gasteiger partial charge in [0.1, 0.15) is 6.04 Å². The van der Waals surface area contributed by atoms with Crippen LogP contribution in [0.3, 0.4) is 0 Å². The first kappa shape index (κ1) is 33.0. The normalized spacial score (nSPS) is 15.0. The number of nitrogens with zero attached hydrogens (tertiary/aromatic N) is 3. The molecule has 44 heavy (non-hydrogen) atoms.